The minimum atomic E-state index is 1.22. The molecule has 0 aliphatic rings. The molecule has 0 aromatic heterocycles. The van der Waals surface area contributed by atoms with Crippen LogP contribution in [0.3, 0.4) is 0 Å². The Balaban J connectivity index is 1.69. The molecule has 0 aliphatic carbocycles. The fourth-order valence-electron chi connectivity index (χ4n) is 2.84. The number of fused-ring (bicyclic) bond motifs is 1. The monoisotopic (exact) mass is 280 g/mol. The SMILES string of the molecule is CCC/C=C/CCCCCCc1cccc2ccccc12. The van der Waals surface area contributed by atoms with E-state index in [-0.39, 0.29) is 0 Å². The average Bonchev–Trinajstić information content (AvgIpc) is 2.53. The van der Waals surface area contributed by atoms with Gasteiger partial charge in [0.25, 0.3) is 0 Å². The van der Waals surface area contributed by atoms with Crippen molar-refractivity contribution in [1.29, 1.82) is 0 Å². The van der Waals surface area contributed by atoms with E-state index < -0.39 is 0 Å². The largest absolute Gasteiger partial charge is 0.0885 e. The molecule has 112 valence electrons. The molecule has 0 heteroatoms. The first-order chi connectivity index (χ1) is 10.4. The number of hydrogen-bond donors (Lipinski definition) is 0. The van der Waals surface area contributed by atoms with Gasteiger partial charge in [0.05, 0.1) is 0 Å². The van der Waals surface area contributed by atoms with E-state index in [1.165, 1.54) is 67.7 Å². The first-order valence-electron chi connectivity index (χ1n) is 8.53. The Morgan fingerprint density at radius 2 is 1.52 bits per heavy atom. The van der Waals surface area contributed by atoms with Gasteiger partial charge in [0.1, 0.15) is 0 Å². The number of benzene rings is 2. The summed E-state index contributed by atoms with van der Waals surface area (Å²) in [6.07, 6.45) is 15.0. The second kappa shape index (κ2) is 9.39. The van der Waals surface area contributed by atoms with Gasteiger partial charge in [-0.2, -0.15) is 0 Å². The van der Waals surface area contributed by atoms with Crippen molar-refractivity contribution in [3.8, 4) is 0 Å². The van der Waals surface area contributed by atoms with Crippen molar-refractivity contribution in [2.45, 2.75) is 58.3 Å². The topological polar surface area (TPSA) is 0 Å². The highest BCUT2D eigenvalue weighted by Crippen LogP contribution is 2.20. The number of unbranched alkanes of at least 4 members (excludes halogenated alkanes) is 5. The molecule has 0 spiro atoms. The van der Waals surface area contributed by atoms with Crippen LogP contribution < -0.4 is 0 Å². The number of hydrogen-bond acceptors (Lipinski definition) is 0. The molecule has 21 heavy (non-hydrogen) atoms. The van der Waals surface area contributed by atoms with Gasteiger partial charge in [-0.1, -0.05) is 80.8 Å². The molecule has 0 saturated carbocycles. The normalized spacial score (nSPS) is 11.5. The number of allylic oxidation sites excluding steroid dienone is 2. The minimum absolute atomic E-state index is 1.22. The highest BCUT2D eigenvalue weighted by atomic mass is 14.0. The second-order valence-electron chi connectivity index (χ2n) is 5.85. The molecule has 0 atom stereocenters. The van der Waals surface area contributed by atoms with Gasteiger partial charge in [0.2, 0.25) is 0 Å². The average molecular weight is 280 g/mol. The molecule has 2 rings (SSSR count). The van der Waals surface area contributed by atoms with Gasteiger partial charge in [0.15, 0.2) is 0 Å². The third kappa shape index (κ3) is 5.38. The molecule has 0 heterocycles. The highest BCUT2D eigenvalue weighted by Gasteiger charge is 1.99. The van der Waals surface area contributed by atoms with E-state index in [9.17, 15) is 0 Å². The summed E-state index contributed by atoms with van der Waals surface area (Å²) in [5.74, 6) is 0. The van der Waals surface area contributed by atoms with E-state index in [2.05, 4.69) is 61.5 Å². The zero-order chi connectivity index (χ0) is 14.8. The summed E-state index contributed by atoms with van der Waals surface area (Å²) in [6.45, 7) is 2.23. The van der Waals surface area contributed by atoms with E-state index >= 15 is 0 Å². The minimum Gasteiger partial charge on any atom is -0.0885 e. The maximum atomic E-state index is 2.36. The number of rotatable bonds is 9. The quantitative estimate of drug-likeness (QED) is 0.354. The van der Waals surface area contributed by atoms with Crippen LogP contribution in [0.25, 0.3) is 10.8 Å². The highest BCUT2D eigenvalue weighted by molar-refractivity contribution is 5.85. The van der Waals surface area contributed by atoms with Crippen molar-refractivity contribution in [3.05, 3.63) is 60.2 Å². The molecule has 0 N–H and O–H groups in total. The summed E-state index contributed by atoms with van der Waals surface area (Å²) in [4.78, 5) is 0. The van der Waals surface area contributed by atoms with Crippen LogP contribution in [0.15, 0.2) is 54.6 Å². The summed E-state index contributed by atoms with van der Waals surface area (Å²) in [5.41, 5.74) is 1.51. The molecule has 0 unspecified atom stereocenters. The van der Waals surface area contributed by atoms with Crippen LogP contribution in [0.4, 0.5) is 0 Å². The van der Waals surface area contributed by atoms with Gasteiger partial charge >= 0.3 is 0 Å². The predicted octanol–water partition coefficient (Wildman–Crippen LogP) is 6.69. The lowest BCUT2D eigenvalue weighted by atomic mass is 9.99. The molecule has 0 nitrogen and oxygen atoms in total. The lowest BCUT2D eigenvalue weighted by Crippen LogP contribution is -1.88. The Labute approximate surface area is 129 Å². The number of aryl methyl sites for hydroxylation is 1. The van der Waals surface area contributed by atoms with Crippen LogP contribution in [0.5, 0.6) is 0 Å². The molecular weight excluding hydrogens is 252 g/mol. The fourth-order valence-corrected chi connectivity index (χ4v) is 2.84. The van der Waals surface area contributed by atoms with Crippen molar-refractivity contribution < 1.29 is 0 Å². The fraction of sp³-hybridized carbons (Fsp3) is 0.429. The van der Waals surface area contributed by atoms with Crippen LogP contribution in [0, 0.1) is 0 Å². The Hall–Kier alpha value is -1.56. The zero-order valence-electron chi connectivity index (χ0n) is 13.4. The molecule has 0 saturated heterocycles. The summed E-state index contributed by atoms with van der Waals surface area (Å²) in [5, 5.41) is 2.80. The Bertz CT molecular complexity index is 545. The van der Waals surface area contributed by atoms with Crippen LogP contribution in [-0.2, 0) is 6.42 Å². The van der Waals surface area contributed by atoms with E-state index in [1.54, 1.807) is 0 Å². The summed E-state index contributed by atoms with van der Waals surface area (Å²) in [6, 6.07) is 15.4. The third-order valence-corrected chi connectivity index (χ3v) is 4.07. The van der Waals surface area contributed by atoms with Crippen molar-refractivity contribution >= 4 is 10.8 Å². The van der Waals surface area contributed by atoms with Gasteiger partial charge in [-0.3, -0.25) is 0 Å². The summed E-state index contributed by atoms with van der Waals surface area (Å²) in [7, 11) is 0. The standard InChI is InChI=1S/C21H28/c1-2-3-4-5-6-7-8-9-10-14-19-16-13-17-20-15-11-12-18-21(19)20/h4-5,11-13,15-18H,2-3,6-10,14H2,1H3/b5-4+. The van der Waals surface area contributed by atoms with Gasteiger partial charge in [-0.25, -0.2) is 0 Å². The molecule has 2 aromatic rings. The van der Waals surface area contributed by atoms with Crippen molar-refractivity contribution in [2.75, 3.05) is 0 Å². The smallest absolute Gasteiger partial charge is 0.0152 e. The van der Waals surface area contributed by atoms with Gasteiger partial charge in [-0.05, 0) is 48.4 Å². The van der Waals surface area contributed by atoms with E-state index in [1.807, 2.05) is 0 Å². The molecule has 2 aromatic carbocycles. The maximum Gasteiger partial charge on any atom is -0.0152 e. The second-order valence-corrected chi connectivity index (χ2v) is 5.85. The molecule has 0 fully saturated rings. The van der Waals surface area contributed by atoms with Crippen LogP contribution in [0.1, 0.15) is 57.4 Å². The Morgan fingerprint density at radius 3 is 2.43 bits per heavy atom. The van der Waals surface area contributed by atoms with Gasteiger partial charge in [-0.15, -0.1) is 0 Å². The van der Waals surface area contributed by atoms with E-state index in [0.717, 1.165) is 0 Å². The maximum absolute atomic E-state index is 2.36. The van der Waals surface area contributed by atoms with E-state index in [4.69, 9.17) is 0 Å². The summed E-state index contributed by atoms with van der Waals surface area (Å²) < 4.78 is 0. The van der Waals surface area contributed by atoms with Crippen molar-refractivity contribution in [1.82, 2.24) is 0 Å². The molecular formula is C21H28. The van der Waals surface area contributed by atoms with E-state index in [0.29, 0.717) is 0 Å². The molecule has 0 amide bonds. The zero-order valence-corrected chi connectivity index (χ0v) is 13.4. The lowest BCUT2D eigenvalue weighted by molar-refractivity contribution is 0.647. The lowest BCUT2D eigenvalue weighted by Gasteiger charge is -2.06. The Morgan fingerprint density at radius 1 is 0.762 bits per heavy atom. The van der Waals surface area contributed by atoms with Crippen LogP contribution in [-0.4, -0.2) is 0 Å². The predicted molar refractivity (Wildman–Crippen MR) is 94.8 cm³/mol. The van der Waals surface area contributed by atoms with Crippen molar-refractivity contribution in [3.63, 3.8) is 0 Å². The Kier molecular flexibility index (Phi) is 7.07. The molecule has 0 radical (unpaired) electrons. The van der Waals surface area contributed by atoms with Crippen LogP contribution >= 0.6 is 0 Å². The summed E-state index contributed by atoms with van der Waals surface area (Å²) >= 11 is 0. The molecule has 0 aliphatic heterocycles. The first kappa shape index (κ1) is 15.8. The first-order valence-corrected chi connectivity index (χ1v) is 8.53. The van der Waals surface area contributed by atoms with Crippen molar-refractivity contribution in [2.24, 2.45) is 0 Å². The van der Waals surface area contributed by atoms with Gasteiger partial charge < -0.3 is 0 Å². The third-order valence-electron chi connectivity index (χ3n) is 4.07. The van der Waals surface area contributed by atoms with Gasteiger partial charge in [0, 0.05) is 0 Å². The molecule has 0 bridgehead atoms. The van der Waals surface area contributed by atoms with Crippen LogP contribution in [0.2, 0.25) is 0 Å².